The highest BCUT2D eigenvalue weighted by Crippen LogP contribution is 2.37. The number of urea groups is 1. The molecule has 0 aromatic heterocycles. The Morgan fingerprint density at radius 1 is 1.41 bits per heavy atom. The predicted octanol–water partition coefficient (Wildman–Crippen LogP) is 0.911. The third kappa shape index (κ3) is 3.01. The summed E-state index contributed by atoms with van der Waals surface area (Å²) in [5, 5.41) is 11.1. The summed E-state index contributed by atoms with van der Waals surface area (Å²) in [6.07, 6.45) is -4.61. The molecule has 2 N–H and O–H groups in total. The monoisotopic (exact) mass is 254 g/mol. The maximum Gasteiger partial charge on any atom is 0.394 e. The summed E-state index contributed by atoms with van der Waals surface area (Å²) in [5.74, 6) is -5.11. The van der Waals surface area contributed by atoms with Gasteiger partial charge in [-0.1, -0.05) is 0 Å². The molecule has 0 aromatic rings. The number of carbonyl (C=O) groups is 2. The van der Waals surface area contributed by atoms with Crippen molar-refractivity contribution in [3.8, 4) is 0 Å². The molecule has 0 spiro atoms. The second-order valence-corrected chi connectivity index (χ2v) is 3.83. The van der Waals surface area contributed by atoms with Crippen molar-refractivity contribution in [3.63, 3.8) is 0 Å². The molecule has 0 aromatic carbocycles. The first-order chi connectivity index (χ1) is 7.77. The van der Waals surface area contributed by atoms with Crippen molar-refractivity contribution in [3.05, 3.63) is 0 Å². The van der Waals surface area contributed by atoms with Crippen molar-refractivity contribution < 1.29 is 27.9 Å². The number of aliphatic carboxylic acids is 1. The molecule has 0 bridgehead atoms. The summed E-state index contributed by atoms with van der Waals surface area (Å²) in [6, 6.07) is -0.662. The molecule has 2 atom stereocenters. The third-order valence-corrected chi connectivity index (χ3v) is 2.67. The number of carbonyl (C=O) groups excluding carboxylic acids is 1. The van der Waals surface area contributed by atoms with Gasteiger partial charge in [0.1, 0.15) is 0 Å². The molecule has 1 saturated heterocycles. The number of nitrogens with zero attached hydrogens (tertiary/aromatic N) is 1. The molecular formula is C9H13F3N2O3. The molecule has 0 aliphatic carbocycles. The fourth-order valence-corrected chi connectivity index (χ4v) is 1.81. The number of alkyl halides is 3. The van der Waals surface area contributed by atoms with Crippen LogP contribution in [0.1, 0.15) is 6.92 Å². The summed E-state index contributed by atoms with van der Waals surface area (Å²) >= 11 is 0. The van der Waals surface area contributed by atoms with Gasteiger partial charge in [-0.3, -0.25) is 4.79 Å². The summed E-state index contributed by atoms with van der Waals surface area (Å²) in [5.41, 5.74) is 0. The summed E-state index contributed by atoms with van der Waals surface area (Å²) in [4.78, 5) is 23.0. The third-order valence-electron chi connectivity index (χ3n) is 2.67. The summed E-state index contributed by atoms with van der Waals surface area (Å²) in [7, 11) is 0. The zero-order valence-corrected chi connectivity index (χ0v) is 9.12. The number of likely N-dealkylation sites (tertiary alicyclic amines) is 1. The molecule has 0 saturated carbocycles. The number of amides is 2. The van der Waals surface area contributed by atoms with Gasteiger partial charge in [-0.15, -0.1) is 0 Å². The first-order valence-corrected chi connectivity index (χ1v) is 5.09. The molecule has 1 fully saturated rings. The van der Waals surface area contributed by atoms with E-state index in [2.05, 4.69) is 5.32 Å². The molecule has 1 aliphatic heterocycles. The van der Waals surface area contributed by atoms with E-state index in [1.54, 1.807) is 6.92 Å². The van der Waals surface area contributed by atoms with Gasteiger partial charge in [0.2, 0.25) is 0 Å². The van der Waals surface area contributed by atoms with E-state index >= 15 is 0 Å². The number of carboxylic acid groups (broad SMARTS) is 1. The first-order valence-electron chi connectivity index (χ1n) is 5.09. The lowest BCUT2D eigenvalue weighted by atomic mass is 9.96. The second-order valence-electron chi connectivity index (χ2n) is 3.83. The lowest BCUT2D eigenvalue weighted by molar-refractivity contribution is -0.187. The Morgan fingerprint density at radius 3 is 2.35 bits per heavy atom. The van der Waals surface area contributed by atoms with Crippen molar-refractivity contribution in [2.75, 3.05) is 19.6 Å². The van der Waals surface area contributed by atoms with Crippen molar-refractivity contribution >= 4 is 12.0 Å². The van der Waals surface area contributed by atoms with E-state index in [1.165, 1.54) is 0 Å². The predicted molar refractivity (Wildman–Crippen MR) is 51.3 cm³/mol. The molecular weight excluding hydrogens is 241 g/mol. The van der Waals surface area contributed by atoms with Gasteiger partial charge in [-0.2, -0.15) is 13.2 Å². The highest BCUT2D eigenvalue weighted by molar-refractivity contribution is 5.77. The van der Waals surface area contributed by atoms with E-state index in [9.17, 15) is 22.8 Å². The van der Waals surface area contributed by atoms with Crippen LogP contribution in [0.3, 0.4) is 0 Å². The molecule has 0 unspecified atom stereocenters. The van der Waals surface area contributed by atoms with E-state index in [0.717, 1.165) is 4.90 Å². The second kappa shape index (κ2) is 4.80. The van der Waals surface area contributed by atoms with E-state index < -0.39 is 43.1 Å². The Balaban J connectivity index is 2.79. The van der Waals surface area contributed by atoms with E-state index in [-0.39, 0.29) is 6.54 Å². The average Bonchev–Trinajstić information content (AvgIpc) is 2.61. The number of carboxylic acids is 1. The molecule has 1 heterocycles. The van der Waals surface area contributed by atoms with Crippen molar-refractivity contribution in [2.45, 2.75) is 13.1 Å². The van der Waals surface area contributed by atoms with Crippen molar-refractivity contribution in [1.82, 2.24) is 10.2 Å². The molecule has 17 heavy (non-hydrogen) atoms. The SMILES string of the molecule is CCNC(=O)N1C[C@H](C(=O)O)[C@@H](C(F)(F)F)C1. The Bertz CT molecular complexity index is 319. The molecule has 1 rings (SSSR count). The van der Waals surface area contributed by atoms with Crippen LogP contribution in [0.2, 0.25) is 0 Å². The number of nitrogens with one attached hydrogen (secondary N) is 1. The summed E-state index contributed by atoms with van der Waals surface area (Å²) < 4.78 is 37.7. The fraction of sp³-hybridized carbons (Fsp3) is 0.778. The van der Waals surface area contributed by atoms with Crippen LogP contribution in [0.15, 0.2) is 0 Å². The van der Waals surface area contributed by atoms with Gasteiger partial charge in [0, 0.05) is 19.6 Å². The minimum absolute atomic E-state index is 0.282. The quantitative estimate of drug-likeness (QED) is 0.769. The molecule has 5 nitrogen and oxygen atoms in total. The Labute approximate surface area is 95.6 Å². The maximum absolute atomic E-state index is 12.6. The van der Waals surface area contributed by atoms with Gasteiger partial charge in [-0.25, -0.2) is 4.79 Å². The maximum atomic E-state index is 12.6. The molecule has 0 radical (unpaired) electrons. The van der Waals surface area contributed by atoms with Crippen LogP contribution in [-0.4, -0.2) is 47.8 Å². The van der Waals surface area contributed by atoms with Crippen LogP contribution in [0.4, 0.5) is 18.0 Å². The van der Waals surface area contributed by atoms with Gasteiger partial charge in [0.15, 0.2) is 0 Å². The number of rotatable bonds is 2. The van der Waals surface area contributed by atoms with E-state index in [0.29, 0.717) is 0 Å². The molecule has 1 aliphatic rings. The minimum Gasteiger partial charge on any atom is -0.481 e. The Hall–Kier alpha value is -1.47. The Morgan fingerprint density at radius 2 is 2.00 bits per heavy atom. The van der Waals surface area contributed by atoms with Crippen LogP contribution in [0.25, 0.3) is 0 Å². The van der Waals surface area contributed by atoms with Gasteiger partial charge >= 0.3 is 18.2 Å². The smallest absolute Gasteiger partial charge is 0.394 e. The van der Waals surface area contributed by atoms with Gasteiger partial charge < -0.3 is 15.3 Å². The fourth-order valence-electron chi connectivity index (χ4n) is 1.81. The normalized spacial score (nSPS) is 24.8. The van der Waals surface area contributed by atoms with E-state index in [4.69, 9.17) is 5.11 Å². The van der Waals surface area contributed by atoms with Gasteiger partial charge in [-0.05, 0) is 6.92 Å². The highest BCUT2D eigenvalue weighted by atomic mass is 19.4. The summed E-state index contributed by atoms with van der Waals surface area (Å²) in [6.45, 7) is 0.894. The topological polar surface area (TPSA) is 69.6 Å². The number of hydrogen-bond donors (Lipinski definition) is 2. The molecule has 2 amide bonds. The van der Waals surface area contributed by atoms with Gasteiger partial charge in [0.25, 0.3) is 0 Å². The van der Waals surface area contributed by atoms with Gasteiger partial charge in [0.05, 0.1) is 11.8 Å². The van der Waals surface area contributed by atoms with E-state index in [1.807, 2.05) is 0 Å². The average molecular weight is 254 g/mol. The largest absolute Gasteiger partial charge is 0.481 e. The lowest BCUT2D eigenvalue weighted by Gasteiger charge is -2.18. The van der Waals surface area contributed by atoms with Crippen LogP contribution in [0.5, 0.6) is 0 Å². The minimum atomic E-state index is -4.61. The standard InChI is InChI=1S/C9H13F3N2O3/c1-2-13-8(17)14-3-5(7(15)16)6(4-14)9(10,11)12/h5-6H,2-4H2,1H3,(H,13,17)(H,15,16)/t5-,6-/m0/s1. The van der Waals surface area contributed by atoms with Crippen LogP contribution in [0, 0.1) is 11.8 Å². The van der Waals surface area contributed by atoms with Crippen LogP contribution < -0.4 is 5.32 Å². The zero-order chi connectivity index (χ0) is 13.2. The van der Waals surface area contributed by atoms with Crippen LogP contribution >= 0.6 is 0 Å². The van der Waals surface area contributed by atoms with Crippen LogP contribution in [-0.2, 0) is 4.79 Å². The van der Waals surface area contributed by atoms with Crippen molar-refractivity contribution in [1.29, 1.82) is 0 Å². The Kier molecular flexibility index (Phi) is 3.84. The molecule has 98 valence electrons. The number of hydrogen-bond acceptors (Lipinski definition) is 2. The first kappa shape index (κ1) is 13.6. The molecule has 8 heteroatoms. The highest BCUT2D eigenvalue weighted by Gasteiger charge is 2.53. The lowest BCUT2D eigenvalue weighted by Crippen LogP contribution is -2.39. The zero-order valence-electron chi connectivity index (χ0n) is 9.12. The van der Waals surface area contributed by atoms with Crippen molar-refractivity contribution in [2.24, 2.45) is 11.8 Å². The number of halogens is 3.